The first-order valence-electron chi connectivity index (χ1n) is 5.34. The molecule has 16 heavy (non-hydrogen) atoms. The smallest absolute Gasteiger partial charge is 0.222 e. The molecule has 1 aliphatic rings. The zero-order chi connectivity index (χ0) is 11.5. The minimum atomic E-state index is -0.216. The molecule has 2 atom stereocenters. The van der Waals surface area contributed by atoms with E-state index in [0.717, 1.165) is 29.6 Å². The first-order valence-corrected chi connectivity index (χ1v) is 6.13. The van der Waals surface area contributed by atoms with E-state index in [2.05, 4.69) is 26.2 Å². The zero-order valence-electron chi connectivity index (χ0n) is 8.82. The van der Waals surface area contributed by atoms with Crippen LogP contribution in [-0.4, -0.2) is 16.9 Å². The van der Waals surface area contributed by atoms with E-state index in [1.165, 1.54) is 0 Å². The van der Waals surface area contributed by atoms with Crippen LogP contribution >= 0.6 is 15.9 Å². The van der Waals surface area contributed by atoms with Crippen LogP contribution < -0.4 is 11.1 Å². The third-order valence-corrected chi connectivity index (χ3v) is 3.41. The highest BCUT2D eigenvalue weighted by atomic mass is 79.9. The second kappa shape index (κ2) is 4.82. The van der Waals surface area contributed by atoms with Gasteiger partial charge in [0.15, 0.2) is 0 Å². The molecule has 1 aromatic heterocycles. The van der Waals surface area contributed by atoms with Crippen molar-refractivity contribution in [2.24, 2.45) is 11.7 Å². The van der Waals surface area contributed by atoms with Gasteiger partial charge in [-0.3, -0.25) is 4.79 Å². The lowest BCUT2D eigenvalue weighted by Gasteiger charge is -2.18. The number of amides is 1. The Morgan fingerprint density at radius 2 is 2.31 bits per heavy atom. The summed E-state index contributed by atoms with van der Waals surface area (Å²) < 4.78 is 0.941. The fourth-order valence-corrected chi connectivity index (χ4v) is 2.36. The van der Waals surface area contributed by atoms with Gasteiger partial charge in [0, 0.05) is 16.7 Å². The first-order chi connectivity index (χ1) is 7.66. The second-order valence-electron chi connectivity index (χ2n) is 4.05. The van der Waals surface area contributed by atoms with Gasteiger partial charge in [-0.25, -0.2) is 4.98 Å². The number of primary amides is 1. The van der Waals surface area contributed by atoms with Gasteiger partial charge < -0.3 is 11.1 Å². The molecule has 0 aliphatic heterocycles. The van der Waals surface area contributed by atoms with Crippen LogP contribution in [0.15, 0.2) is 22.8 Å². The van der Waals surface area contributed by atoms with Gasteiger partial charge in [0.2, 0.25) is 5.91 Å². The number of pyridine rings is 1. The predicted octanol–water partition coefficient (Wildman–Crippen LogP) is 1.91. The summed E-state index contributed by atoms with van der Waals surface area (Å²) in [5.41, 5.74) is 5.36. The molecular formula is C11H14BrN3O. The number of aromatic nitrogens is 1. The maximum Gasteiger partial charge on any atom is 0.222 e. The van der Waals surface area contributed by atoms with Crippen LogP contribution in [0.3, 0.4) is 0 Å². The molecule has 2 unspecified atom stereocenters. The van der Waals surface area contributed by atoms with Crippen LogP contribution in [-0.2, 0) is 4.79 Å². The van der Waals surface area contributed by atoms with Crippen molar-refractivity contribution in [2.45, 2.75) is 25.3 Å². The molecule has 0 aromatic carbocycles. The molecule has 0 radical (unpaired) electrons. The molecule has 3 N–H and O–H groups in total. The Kier molecular flexibility index (Phi) is 3.43. The molecule has 0 spiro atoms. The normalized spacial score (nSPS) is 24.3. The molecule has 86 valence electrons. The number of nitrogens with two attached hydrogens (primary N) is 1. The Morgan fingerprint density at radius 1 is 1.50 bits per heavy atom. The van der Waals surface area contributed by atoms with E-state index in [1.807, 2.05) is 12.1 Å². The molecule has 0 bridgehead atoms. The molecule has 0 saturated heterocycles. The van der Waals surface area contributed by atoms with E-state index >= 15 is 0 Å². The van der Waals surface area contributed by atoms with E-state index in [0.29, 0.717) is 0 Å². The van der Waals surface area contributed by atoms with Crippen molar-refractivity contribution in [2.75, 3.05) is 5.32 Å². The van der Waals surface area contributed by atoms with Crippen molar-refractivity contribution in [1.29, 1.82) is 0 Å². The maximum atomic E-state index is 11.2. The monoisotopic (exact) mass is 283 g/mol. The number of carbonyl (C=O) groups excluding carboxylic acids is 1. The van der Waals surface area contributed by atoms with Gasteiger partial charge in [0.25, 0.3) is 0 Å². The molecular weight excluding hydrogens is 270 g/mol. The van der Waals surface area contributed by atoms with E-state index in [9.17, 15) is 4.79 Å². The van der Waals surface area contributed by atoms with Gasteiger partial charge in [-0.1, -0.05) is 6.42 Å². The van der Waals surface area contributed by atoms with Crippen LogP contribution in [0.2, 0.25) is 0 Å². The van der Waals surface area contributed by atoms with Gasteiger partial charge in [-0.2, -0.15) is 0 Å². The third-order valence-electron chi connectivity index (χ3n) is 2.94. The Morgan fingerprint density at radius 3 is 2.94 bits per heavy atom. The summed E-state index contributed by atoms with van der Waals surface area (Å²) in [5, 5.41) is 3.27. The van der Waals surface area contributed by atoms with E-state index < -0.39 is 0 Å². The van der Waals surface area contributed by atoms with Crippen LogP contribution in [0.4, 0.5) is 5.82 Å². The molecule has 2 rings (SSSR count). The Hall–Kier alpha value is -1.10. The van der Waals surface area contributed by atoms with Crippen molar-refractivity contribution in [1.82, 2.24) is 4.98 Å². The number of hydrogen-bond donors (Lipinski definition) is 2. The van der Waals surface area contributed by atoms with Crippen LogP contribution in [0.1, 0.15) is 19.3 Å². The van der Waals surface area contributed by atoms with Crippen molar-refractivity contribution in [3.63, 3.8) is 0 Å². The quantitative estimate of drug-likeness (QED) is 0.891. The lowest BCUT2D eigenvalue weighted by molar-refractivity contribution is -0.121. The Labute approximate surface area is 103 Å². The predicted molar refractivity (Wildman–Crippen MR) is 65.9 cm³/mol. The highest BCUT2D eigenvalue weighted by molar-refractivity contribution is 9.10. The van der Waals surface area contributed by atoms with E-state index in [4.69, 9.17) is 5.73 Å². The lowest BCUT2D eigenvalue weighted by Crippen LogP contribution is -2.34. The summed E-state index contributed by atoms with van der Waals surface area (Å²) in [6, 6.07) is 3.94. The lowest BCUT2D eigenvalue weighted by atomic mass is 10.0. The standard InChI is InChI=1S/C11H14BrN3O/c12-7-4-5-10(14-6-7)15-9-3-1-2-8(9)11(13)16/h4-6,8-9H,1-3H2,(H2,13,16)(H,14,15). The maximum absolute atomic E-state index is 11.2. The van der Waals surface area contributed by atoms with Crippen molar-refractivity contribution in [3.8, 4) is 0 Å². The molecule has 1 aromatic rings. The molecule has 1 saturated carbocycles. The van der Waals surface area contributed by atoms with Gasteiger partial charge in [0.1, 0.15) is 5.82 Å². The highest BCUT2D eigenvalue weighted by Gasteiger charge is 2.31. The van der Waals surface area contributed by atoms with Gasteiger partial charge in [0.05, 0.1) is 5.92 Å². The van der Waals surface area contributed by atoms with Gasteiger partial charge in [-0.05, 0) is 40.9 Å². The molecule has 1 heterocycles. The largest absolute Gasteiger partial charge is 0.369 e. The van der Waals surface area contributed by atoms with Crippen LogP contribution in [0.5, 0.6) is 0 Å². The average Bonchev–Trinajstić information content (AvgIpc) is 2.69. The minimum Gasteiger partial charge on any atom is -0.369 e. The van der Waals surface area contributed by atoms with Crippen molar-refractivity contribution in [3.05, 3.63) is 22.8 Å². The average molecular weight is 284 g/mol. The molecule has 1 fully saturated rings. The number of halogens is 1. The second-order valence-corrected chi connectivity index (χ2v) is 4.97. The van der Waals surface area contributed by atoms with Crippen molar-refractivity contribution >= 4 is 27.7 Å². The van der Waals surface area contributed by atoms with Crippen LogP contribution in [0.25, 0.3) is 0 Å². The number of rotatable bonds is 3. The number of anilines is 1. The van der Waals surface area contributed by atoms with Crippen molar-refractivity contribution < 1.29 is 4.79 Å². The molecule has 1 aliphatic carbocycles. The fraction of sp³-hybridized carbons (Fsp3) is 0.455. The number of nitrogens with zero attached hydrogens (tertiary/aromatic N) is 1. The zero-order valence-corrected chi connectivity index (χ0v) is 10.4. The Bertz CT molecular complexity index is 379. The third kappa shape index (κ3) is 2.52. The fourth-order valence-electron chi connectivity index (χ4n) is 2.12. The number of nitrogens with one attached hydrogen (secondary N) is 1. The topological polar surface area (TPSA) is 68.0 Å². The van der Waals surface area contributed by atoms with Crippen LogP contribution in [0, 0.1) is 5.92 Å². The first kappa shape index (κ1) is 11.4. The summed E-state index contributed by atoms with van der Waals surface area (Å²) in [4.78, 5) is 15.4. The SMILES string of the molecule is NC(=O)C1CCCC1Nc1ccc(Br)cn1. The summed E-state index contributed by atoms with van der Waals surface area (Å²) >= 11 is 3.33. The summed E-state index contributed by atoms with van der Waals surface area (Å²) in [5.74, 6) is 0.513. The summed E-state index contributed by atoms with van der Waals surface area (Å²) in [6.45, 7) is 0. The van der Waals surface area contributed by atoms with Gasteiger partial charge in [-0.15, -0.1) is 0 Å². The highest BCUT2D eigenvalue weighted by Crippen LogP contribution is 2.27. The molecule has 5 heteroatoms. The van der Waals surface area contributed by atoms with E-state index in [-0.39, 0.29) is 17.9 Å². The summed E-state index contributed by atoms with van der Waals surface area (Å²) in [7, 11) is 0. The molecule has 1 amide bonds. The Balaban J connectivity index is 2.03. The van der Waals surface area contributed by atoms with Gasteiger partial charge >= 0.3 is 0 Å². The number of hydrogen-bond acceptors (Lipinski definition) is 3. The minimum absolute atomic E-state index is 0.0644. The molecule has 4 nitrogen and oxygen atoms in total. The summed E-state index contributed by atoms with van der Waals surface area (Å²) in [6.07, 6.45) is 4.63. The van der Waals surface area contributed by atoms with E-state index in [1.54, 1.807) is 6.20 Å². The number of carbonyl (C=O) groups is 1.